The van der Waals surface area contributed by atoms with Gasteiger partial charge in [-0.15, -0.1) is 5.54 Å². The summed E-state index contributed by atoms with van der Waals surface area (Å²) < 4.78 is 11.1. The molecule has 98 valence electrons. The zero-order valence-corrected chi connectivity index (χ0v) is 12.6. The highest BCUT2D eigenvalue weighted by molar-refractivity contribution is 6.87. The highest BCUT2D eigenvalue weighted by Gasteiger charge is 2.24. The molecular formula is C14H26O2Si. The van der Waals surface area contributed by atoms with Gasteiger partial charge in [0, 0.05) is 6.61 Å². The Morgan fingerprint density at radius 1 is 1.18 bits per heavy atom. The van der Waals surface area contributed by atoms with Crippen molar-refractivity contribution in [3.63, 3.8) is 0 Å². The first-order valence-electron chi connectivity index (χ1n) is 6.99. The van der Waals surface area contributed by atoms with E-state index in [0.717, 1.165) is 13.0 Å². The fourth-order valence-electron chi connectivity index (χ4n) is 2.22. The zero-order valence-electron chi connectivity index (χ0n) is 11.6. The summed E-state index contributed by atoms with van der Waals surface area (Å²) in [5.74, 6) is 3.24. The summed E-state index contributed by atoms with van der Waals surface area (Å²) in [5, 5.41) is 0. The molecule has 0 N–H and O–H groups in total. The van der Waals surface area contributed by atoms with Crippen LogP contribution in [0.5, 0.6) is 0 Å². The van der Waals surface area contributed by atoms with Crippen LogP contribution in [0.3, 0.4) is 0 Å². The van der Waals surface area contributed by atoms with Gasteiger partial charge in [-0.25, -0.2) is 0 Å². The molecule has 2 nitrogen and oxygen atoms in total. The van der Waals surface area contributed by atoms with Gasteiger partial charge >= 0.3 is 0 Å². The van der Waals surface area contributed by atoms with Crippen LogP contribution in [0.1, 0.15) is 40.0 Å². The second-order valence-electron chi connectivity index (χ2n) is 4.75. The molecule has 1 rings (SSSR count). The van der Waals surface area contributed by atoms with Crippen molar-refractivity contribution >= 4 is 8.07 Å². The first-order valence-corrected chi connectivity index (χ1v) is 9.61. The minimum Gasteiger partial charge on any atom is -0.353 e. The highest BCUT2D eigenvalue weighted by atomic mass is 28.3. The number of rotatable bonds is 5. The standard InChI is InChI=1S/C14H26O2Si/c1-4-17(5-2,6-3)13-9-12-16-14-10-7-8-11-15-14/h14H,4-8,10-12H2,1-3H3. The lowest BCUT2D eigenvalue weighted by molar-refractivity contribution is -0.154. The summed E-state index contributed by atoms with van der Waals surface area (Å²) in [5.41, 5.74) is 3.53. The van der Waals surface area contributed by atoms with Crippen molar-refractivity contribution < 1.29 is 9.47 Å². The molecule has 3 heteroatoms. The van der Waals surface area contributed by atoms with Crippen LogP contribution >= 0.6 is 0 Å². The summed E-state index contributed by atoms with van der Waals surface area (Å²) in [7, 11) is -1.29. The smallest absolute Gasteiger partial charge is 0.158 e. The average molecular weight is 254 g/mol. The van der Waals surface area contributed by atoms with Gasteiger partial charge in [-0.3, -0.25) is 0 Å². The van der Waals surface area contributed by atoms with Crippen molar-refractivity contribution in [2.75, 3.05) is 13.2 Å². The first-order chi connectivity index (χ1) is 8.26. The summed E-state index contributed by atoms with van der Waals surface area (Å²) >= 11 is 0. The van der Waals surface area contributed by atoms with Gasteiger partial charge in [0.25, 0.3) is 0 Å². The molecule has 1 atom stereocenters. The number of hydrogen-bond donors (Lipinski definition) is 0. The zero-order chi connectivity index (χ0) is 12.6. The Morgan fingerprint density at radius 3 is 2.41 bits per heavy atom. The Hall–Kier alpha value is -0.303. The molecule has 0 aromatic carbocycles. The molecular weight excluding hydrogens is 228 g/mol. The molecule has 1 aliphatic heterocycles. The quantitative estimate of drug-likeness (QED) is 0.551. The molecule has 0 bridgehead atoms. The van der Waals surface area contributed by atoms with E-state index in [1.54, 1.807) is 0 Å². The Bertz CT molecular complexity index is 249. The number of ether oxygens (including phenoxy) is 2. The second-order valence-corrected chi connectivity index (χ2v) is 9.68. The van der Waals surface area contributed by atoms with Crippen molar-refractivity contribution in [1.29, 1.82) is 0 Å². The van der Waals surface area contributed by atoms with Crippen molar-refractivity contribution in [3.05, 3.63) is 0 Å². The van der Waals surface area contributed by atoms with Crippen LogP contribution in [0.4, 0.5) is 0 Å². The van der Waals surface area contributed by atoms with E-state index in [0.29, 0.717) is 6.61 Å². The summed E-state index contributed by atoms with van der Waals surface area (Å²) in [4.78, 5) is 0. The van der Waals surface area contributed by atoms with Gasteiger partial charge in [0.05, 0.1) is 0 Å². The van der Waals surface area contributed by atoms with Gasteiger partial charge in [-0.05, 0) is 37.4 Å². The third-order valence-electron chi connectivity index (χ3n) is 3.86. The summed E-state index contributed by atoms with van der Waals surface area (Å²) in [6, 6.07) is 3.77. The molecule has 0 amide bonds. The van der Waals surface area contributed by atoms with Crippen LogP contribution < -0.4 is 0 Å². The van der Waals surface area contributed by atoms with Gasteiger partial charge in [0.2, 0.25) is 0 Å². The molecule has 0 spiro atoms. The predicted octanol–water partition coefficient (Wildman–Crippen LogP) is 3.58. The molecule has 1 fully saturated rings. The van der Waals surface area contributed by atoms with Gasteiger partial charge in [0.1, 0.15) is 14.7 Å². The van der Waals surface area contributed by atoms with Crippen LogP contribution in [0.2, 0.25) is 18.1 Å². The van der Waals surface area contributed by atoms with Crippen LogP contribution in [0.15, 0.2) is 0 Å². The van der Waals surface area contributed by atoms with E-state index in [9.17, 15) is 0 Å². The monoisotopic (exact) mass is 254 g/mol. The van der Waals surface area contributed by atoms with Gasteiger partial charge in [-0.1, -0.05) is 26.7 Å². The molecule has 1 heterocycles. The summed E-state index contributed by atoms with van der Waals surface area (Å²) in [6.45, 7) is 8.21. The first kappa shape index (κ1) is 14.8. The topological polar surface area (TPSA) is 18.5 Å². The third-order valence-corrected chi connectivity index (χ3v) is 8.63. The minimum atomic E-state index is -1.29. The van der Waals surface area contributed by atoms with Crippen molar-refractivity contribution in [2.45, 2.75) is 64.5 Å². The summed E-state index contributed by atoms with van der Waals surface area (Å²) in [6.07, 6.45) is 3.41. The van der Waals surface area contributed by atoms with Gasteiger partial charge < -0.3 is 9.47 Å². The van der Waals surface area contributed by atoms with E-state index in [2.05, 4.69) is 32.2 Å². The maximum atomic E-state index is 5.64. The molecule has 1 saturated heterocycles. The van der Waals surface area contributed by atoms with E-state index in [1.807, 2.05) is 0 Å². The fourth-order valence-corrected chi connectivity index (χ4v) is 4.69. The SMILES string of the molecule is CC[Si](C#CCOC1CCCCO1)(CC)CC. The molecule has 0 radical (unpaired) electrons. The molecule has 1 aliphatic rings. The lowest BCUT2D eigenvalue weighted by atomic mass is 10.2. The van der Waals surface area contributed by atoms with E-state index < -0.39 is 8.07 Å². The van der Waals surface area contributed by atoms with Crippen LogP contribution in [0.25, 0.3) is 0 Å². The normalized spacial score (nSPS) is 20.8. The maximum absolute atomic E-state index is 5.64. The molecule has 0 aromatic rings. The van der Waals surface area contributed by atoms with E-state index in [4.69, 9.17) is 9.47 Å². The Morgan fingerprint density at radius 2 is 1.88 bits per heavy atom. The molecule has 17 heavy (non-hydrogen) atoms. The van der Waals surface area contributed by atoms with Crippen LogP contribution in [-0.4, -0.2) is 27.6 Å². The van der Waals surface area contributed by atoms with Gasteiger partial charge in [0.15, 0.2) is 6.29 Å². The third kappa shape index (κ3) is 4.83. The second kappa shape index (κ2) is 7.92. The molecule has 0 aromatic heterocycles. The Labute approximate surface area is 107 Å². The molecule has 1 unspecified atom stereocenters. The average Bonchev–Trinajstić information content (AvgIpc) is 2.41. The molecule has 0 aliphatic carbocycles. The largest absolute Gasteiger partial charge is 0.353 e. The van der Waals surface area contributed by atoms with E-state index in [-0.39, 0.29) is 6.29 Å². The lowest BCUT2D eigenvalue weighted by Gasteiger charge is -2.22. The molecule has 0 saturated carbocycles. The fraction of sp³-hybridized carbons (Fsp3) is 0.857. The predicted molar refractivity (Wildman–Crippen MR) is 74.5 cm³/mol. The minimum absolute atomic E-state index is 0.000929. The Kier molecular flexibility index (Phi) is 6.87. The highest BCUT2D eigenvalue weighted by Crippen LogP contribution is 2.18. The maximum Gasteiger partial charge on any atom is 0.158 e. The van der Waals surface area contributed by atoms with E-state index in [1.165, 1.54) is 31.0 Å². The lowest BCUT2D eigenvalue weighted by Crippen LogP contribution is -2.29. The van der Waals surface area contributed by atoms with Gasteiger partial charge in [-0.2, -0.15) is 0 Å². The van der Waals surface area contributed by atoms with Crippen molar-refractivity contribution in [2.24, 2.45) is 0 Å². The van der Waals surface area contributed by atoms with Crippen LogP contribution in [-0.2, 0) is 9.47 Å². The van der Waals surface area contributed by atoms with E-state index >= 15 is 0 Å². The van der Waals surface area contributed by atoms with Crippen molar-refractivity contribution in [3.8, 4) is 11.5 Å². The van der Waals surface area contributed by atoms with Crippen LogP contribution in [0, 0.1) is 11.5 Å². The number of hydrogen-bond acceptors (Lipinski definition) is 2. The Balaban J connectivity index is 2.33. The van der Waals surface area contributed by atoms with Crippen molar-refractivity contribution in [1.82, 2.24) is 0 Å².